The van der Waals surface area contributed by atoms with Crippen molar-refractivity contribution in [1.82, 2.24) is 0 Å². The van der Waals surface area contributed by atoms with E-state index in [1.807, 2.05) is 32.0 Å². The van der Waals surface area contributed by atoms with Crippen LogP contribution >= 0.6 is 11.8 Å². The van der Waals surface area contributed by atoms with Gasteiger partial charge in [-0.25, -0.2) is 0 Å². The molecule has 0 bridgehead atoms. The molecule has 2 rings (SSSR count). The van der Waals surface area contributed by atoms with E-state index in [0.29, 0.717) is 5.75 Å². The number of carbonyl (C=O) groups is 1. The lowest BCUT2D eigenvalue weighted by atomic mass is 10.1. The number of amides is 1. The second kappa shape index (κ2) is 7.50. The first kappa shape index (κ1) is 16.6. The third kappa shape index (κ3) is 4.63. The van der Waals surface area contributed by atoms with Gasteiger partial charge in [0.25, 0.3) is 0 Å². The zero-order chi connectivity index (χ0) is 16.1. The maximum atomic E-state index is 12.1. The highest BCUT2D eigenvalue weighted by Gasteiger charge is 2.07. The highest BCUT2D eigenvalue weighted by atomic mass is 32.2. The molecule has 1 amide bonds. The number of carbonyl (C=O) groups excluding carboxylic acids is 1. The number of hydrogen-bond acceptors (Lipinski definition) is 2. The summed E-state index contributed by atoms with van der Waals surface area (Å²) in [6.45, 7) is 8.25. The molecule has 1 N–H and O–H groups in total. The molecule has 0 unspecified atom stereocenters. The summed E-state index contributed by atoms with van der Waals surface area (Å²) >= 11 is 1.65. The van der Waals surface area contributed by atoms with E-state index in [1.54, 1.807) is 11.8 Å². The van der Waals surface area contributed by atoms with Gasteiger partial charge in [0.1, 0.15) is 0 Å². The Labute approximate surface area is 137 Å². The number of rotatable bonds is 5. The van der Waals surface area contributed by atoms with Crippen LogP contribution in [0.3, 0.4) is 0 Å². The van der Waals surface area contributed by atoms with Crippen LogP contribution in [0.5, 0.6) is 0 Å². The molecule has 0 atom stereocenters. The van der Waals surface area contributed by atoms with Gasteiger partial charge in [-0.15, -0.1) is 11.8 Å². The van der Waals surface area contributed by atoms with Gasteiger partial charge in [0.15, 0.2) is 0 Å². The van der Waals surface area contributed by atoms with Crippen molar-refractivity contribution < 1.29 is 4.79 Å². The second-order valence-corrected chi connectivity index (χ2v) is 6.79. The van der Waals surface area contributed by atoms with Crippen molar-refractivity contribution in [2.45, 2.75) is 33.4 Å². The number of thioether (sulfide) groups is 1. The topological polar surface area (TPSA) is 29.1 Å². The van der Waals surface area contributed by atoms with E-state index in [0.717, 1.165) is 22.6 Å². The standard InChI is InChI=1S/C19H23NOS/c1-13-8-14(2)10-17(9-13)11-22-12-18(21)20-19-15(3)6-5-7-16(19)4/h5-10H,11-12H2,1-4H3,(H,20,21). The Morgan fingerprint density at radius 3 is 2.18 bits per heavy atom. The Morgan fingerprint density at radius 2 is 1.59 bits per heavy atom. The zero-order valence-corrected chi connectivity index (χ0v) is 14.5. The predicted molar refractivity (Wildman–Crippen MR) is 96.6 cm³/mol. The molecule has 0 saturated heterocycles. The molecular formula is C19H23NOS. The molecule has 0 fully saturated rings. The third-order valence-electron chi connectivity index (χ3n) is 3.53. The normalized spacial score (nSPS) is 10.5. The summed E-state index contributed by atoms with van der Waals surface area (Å²) in [7, 11) is 0. The SMILES string of the molecule is Cc1cc(C)cc(CSCC(=O)Nc2c(C)cccc2C)c1. The summed E-state index contributed by atoms with van der Waals surface area (Å²) in [5.41, 5.74) is 6.98. The van der Waals surface area contributed by atoms with Crippen LogP contribution in [0.4, 0.5) is 5.69 Å². The molecule has 0 spiro atoms. The van der Waals surface area contributed by atoms with Gasteiger partial charge in [-0.3, -0.25) is 4.79 Å². The summed E-state index contributed by atoms with van der Waals surface area (Å²) in [4.78, 5) is 12.1. The van der Waals surface area contributed by atoms with Gasteiger partial charge >= 0.3 is 0 Å². The van der Waals surface area contributed by atoms with Gasteiger partial charge < -0.3 is 5.32 Å². The van der Waals surface area contributed by atoms with Gasteiger partial charge in [-0.05, 0) is 44.4 Å². The largest absolute Gasteiger partial charge is 0.325 e. The van der Waals surface area contributed by atoms with Crippen molar-refractivity contribution >= 4 is 23.4 Å². The van der Waals surface area contributed by atoms with Crippen LogP contribution in [0.25, 0.3) is 0 Å². The highest BCUT2D eigenvalue weighted by molar-refractivity contribution is 7.99. The first-order valence-electron chi connectivity index (χ1n) is 7.46. The number of nitrogens with one attached hydrogen (secondary N) is 1. The van der Waals surface area contributed by atoms with Crippen molar-refractivity contribution in [3.05, 3.63) is 64.2 Å². The van der Waals surface area contributed by atoms with Crippen molar-refractivity contribution in [2.24, 2.45) is 0 Å². The lowest BCUT2D eigenvalue weighted by molar-refractivity contribution is -0.113. The van der Waals surface area contributed by atoms with E-state index in [1.165, 1.54) is 16.7 Å². The van der Waals surface area contributed by atoms with E-state index >= 15 is 0 Å². The van der Waals surface area contributed by atoms with E-state index in [-0.39, 0.29) is 5.91 Å². The van der Waals surface area contributed by atoms with Gasteiger partial charge in [0.2, 0.25) is 5.91 Å². The fourth-order valence-corrected chi connectivity index (χ4v) is 3.36. The van der Waals surface area contributed by atoms with Crippen molar-refractivity contribution in [3.8, 4) is 0 Å². The van der Waals surface area contributed by atoms with E-state index in [4.69, 9.17) is 0 Å². The first-order chi connectivity index (χ1) is 10.5. The molecule has 0 aromatic heterocycles. The van der Waals surface area contributed by atoms with Crippen LogP contribution in [-0.4, -0.2) is 11.7 Å². The van der Waals surface area contributed by atoms with Gasteiger partial charge in [-0.1, -0.05) is 47.5 Å². The van der Waals surface area contributed by atoms with Crippen molar-refractivity contribution in [2.75, 3.05) is 11.1 Å². The summed E-state index contributed by atoms with van der Waals surface area (Å²) in [6.07, 6.45) is 0. The number of para-hydroxylation sites is 1. The molecule has 0 aliphatic heterocycles. The third-order valence-corrected chi connectivity index (χ3v) is 4.53. The highest BCUT2D eigenvalue weighted by Crippen LogP contribution is 2.20. The molecule has 2 aromatic rings. The fraction of sp³-hybridized carbons (Fsp3) is 0.316. The summed E-state index contributed by atoms with van der Waals surface area (Å²) in [5.74, 6) is 1.40. The smallest absolute Gasteiger partial charge is 0.234 e. The Bertz CT molecular complexity index is 639. The van der Waals surface area contributed by atoms with E-state index in [2.05, 4.69) is 37.4 Å². The Morgan fingerprint density at radius 1 is 1.00 bits per heavy atom. The maximum absolute atomic E-state index is 12.1. The molecule has 0 aliphatic rings. The van der Waals surface area contributed by atoms with E-state index < -0.39 is 0 Å². The molecular weight excluding hydrogens is 290 g/mol. The molecule has 3 heteroatoms. The average molecular weight is 313 g/mol. The molecule has 0 radical (unpaired) electrons. The molecule has 0 aliphatic carbocycles. The summed E-state index contributed by atoms with van der Waals surface area (Å²) < 4.78 is 0. The Hall–Kier alpha value is -1.74. The Balaban J connectivity index is 1.88. The van der Waals surface area contributed by atoms with Crippen LogP contribution in [0.2, 0.25) is 0 Å². The number of aryl methyl sites for hydroxylation is 4. The minimum atomic E-state index is 0.0618. The summed E-state index contributed by atoms with van der Waals surface area (Å²) in [5, 5.41) is 3.03. The lowest BCUT2D eigenvalue weighted by Gasteiger charge is -2.11. The lowest BCUT2D eigenvalue weighted by Crippen LogP contribution is -2.15. The molecule has 2 nitrogen and oxygen atoms in total. The molecule has 116 valence electrons. The molecule has 2 aromatic carbocycles. The van der Waals surface area contributed by atoms with Crippen LogP contribution in [0, 0.1) is 27.7 Å². The van der Waals surface area contributed by atoms with Gasteiger partial charge in [0, 0.05) is 11.4 Å². The van der Waals surface area contributed by atoms with E-state index in [9.17, 15) is 4.79 Å². The monoisotopic (exact) mass is 313 g/mol. The van der Waals surface area contributed by atoms with Gasteiger partial charge in [0.05, 0.1) is 5.75 Å². The second-order valence-electron chi connectivity index (χ2n) is 5.80. The average Bonchev–Trinajstić information content (AvgIpc) is 2.42. The first-order valence-corrected chi connectivity index (χ1v) is 8.62. The minimum Gasteiger partial charge on any atom is -0.325 e. The molecule has 0 heterocycles. The zero-order valence-electron chi connectivity index (χ0n) is 13.7. The van der Waals surface area contributed by atoms with Crippen molar-refractivity contribution in [3.63, 3.8) is 0 Å². The predicted octanol–water partition coefficient (Wildman–Crippen LogP) is 4.79. The van der Waals surface area contributed by atoms with Crippen LogP contribution < -0.4 is 5.32 Å². The van der Waals surface area contributed by atoms with Crippen LogP contribution in [0.1, 0.15) is 27.8 Å². The molecule has 22 heavy (non-hydrogen) atoms. The van der Waals surface area contributed by atoms with Crippen LogP contribution in [-0.2, 0) is 10.5 Å². The summed E-state index contributed by atoms with van der Waals surface area (Å²) in [6, 6.07) is 12.6. The fourth-order valence-electron chi connectivity index (χ4n) is 2.60. The number of benzene rings is 2. The number of anilines is 1. The molecule has 0 saturated carbocycles. The van der Waals surface area contributed by atoms with Gasteiger partial charge in [-0.2, -0.15) is 0 Å². The number of hydrogen-bond donors (Lipinski definition) is 1. The van der Waals surface area contributed by atoms with Crippen LogP contribution in [0.15, 0.2) is 36.4 Å². The Kier molecular flexibility index (Phi) is 5.67. The maximum Gasteiger partial charge on any atom is 0.234 e. The quantitative estimate of drug-likeness (QED) is 0.859. The van der Waals surface area contributed by atoms with Crippen molar-refractivity contribution in [1.29, 1.82) is 0 Å². The minimum absolute atomic E-state index is 0.0618.